The normalized spacial score (nSPS) is 19.8. The first-order valence-electron chi connectivity index (χ1n) is 5.98. The van der Waals surface area contributed by atoms with Gasteiger partial charge in [-0.1, -0.05) is 17.7 Å². The van der Waals surface area contributed by atoms with E-state index < -0.39 is 0 Å². The number of halogens is 2. The Morgan fingerprint density at radius 2 is 2.35 bits per heavy atom. The molecule has 1 atom stereocenters. The van der Waals surface area contributed by atoms with Crippen LogP contribution in [0.3, 0.4) is 0 Å². The summed E-state index contributed by atoms with van der Waals surface area (Å²) in [5, 5.41) is 4.22. The summed E-state index contributed by atoms with van der Waals surface area (Å²) in [5.41, 5.74) is 1.22. The van der Waals surface area contributed by atoms with Crippen LogP contribution in [0.4, 0.5) is 0 Å². The summed E-state index contributed by atoms with van der Waals surface area (Å²) in [7, 11) is 0. The van der Waals surface area contributed by atoms with Gasteiger partial charge in [0.15, 0.2) is 0 Å². The zero-order valence-electron chi connectivity index (χ0n) is 9.72. The number of hydrogen-bond acceptors (Lipinski definition) is 2. The Morgan fingerprint density at radius 3 is 3.06 bits per heavy atom. The van der Waals surface area contributed by atoms with Crippen LogP contribution in [0.15, 0.2) is 22.7 Å². The highest BCUT2D eigenvalue weighted by molar-refractivity contribution is 9.10. The van der Waals surface area contributed by atoms with Gasteiger partial charge in [0.25, 0.3) is 0 Å². The molecule has 1 unspecified atom stereocenters. The molecular formula is C13H17BrClNO. The van der Waals surface area contributed by atoms with Gasteiger partial charge >= 0.3 is 0 Å². The van der Waals surface area contributed by atoms with E-state index in [1.54, 1.807) is 0 Å². The zero-order valence-corrected chi connectivity index (χ0v) is 12.1. The fraction of sp³-hybridized carbons (Fsp3) is 0.538. The third-order valence-corrected chi connectivity index (χ3v) is 4.30. The maximum absolute atomic E-state index is 6.04. The predicted molar refractivity (Wildman–Crippen MR) is 74.4 cm³/mol. The molecule has 1 N–H and O–H groups in total. The SMILES string of the molecule is Clc1cc(CNCCC2CCOC2)ccc1Br. The van der Waals surface area contributed by atoms with E-state index in [0.717, 1.165) is 41.7 Å². The minimum absolute atomic E-state index is 0.746. The molecule has 2 rings (SSSR count). The summed E-state index contributed by atoms with van der Waals surface area (Å²) in [5.74, 6) is 0.746. The molecule has 0 aliphatic carbocycles. The Morgan fingerprint density at radius 1 is 1.47 bits per heavy atom. The van der Waals surface area contributed by atoms with Crippen molar-refractivity contribution in [3.05, 3.63) is 33.3 Å². The molecule has 0 spiro atoms. The second kappa shape index (κ2) is 6.74. The van der Waals surface area contributed by atoms with Crippen molar-refractivity contribution in [3.63, 3.8) is 0 Å². The molecule has 0 bridgehead atoms. The van der Waals surface area contributed by atoms with Gasteiger partial charge in [-0.2, -0.15) is 0 Å². The van der Waals surface area contributed by atoms with Gasteiger partial charge in [0.2, 0.25) is 0 Å². The van der Waals surface area contributed by atoms with E-state index in [1.165, 1.54) is 18.4 Å². The summed E-state index contributed by atoms with van der Waals surface area (Å²) in [6, 6.07) is 6.07. The largest absolute Gasteiger partial charge is 0.381 e. The molecule has 1 aromatic carbocycles. The molecule has 1 aliphatic rings. The third kappa shape index (κ3) is 4.25. The lowest BCUT2D eigenvalue weighted by Gasteiger charge is -2.09. The van der Waals surface area contributed by atoms with Crippen LogP contribution < -0.4 is 5.32 Å². The number of rotatable bonds is 5. The highest BCUT2D eigenvalue weighted by atomic mass is 79.9. The van der Waals surface area contributed by atoms with Crippen molar-refractivity contribution in [3.8, 4) is 0 Å². The van der Waals surface area contributed by atoms with Gasteiger partial charge in [0, 0.05) is 24.2 Å². The second-order valence-corrected chi connectivity index (χ2v) is 5.71. The van der Waals surface area contributed by atoms with E-state index in [4.69, 9.17) is 16.3 Å². The van der Waals surface area contributed by atoms with E-state index in [2.05, 4.69) is 27.3 Å². The molecule has 1 aliphatic heterocycles. The van der Waals surface area contributed by atoms with Crippen LogP contribution in [0.1, 0.15) is 18.4 Å². The van der Waals surface area contributed by atoms with Crippen LogP contribution in [0.25, 0.3) is 0 Å². The van der Waals surface area contributed by atoms with Crippen molar-refractivity contribution < 1.29 is 4.74 Å². The van der Waals surface area contributed by atoms with Gasteiger partial charge in [-0.05, 0) is 58.9 Å². The first kappa shape index (κ1) is 13.3. The predicted octanol–water partition coefficient (Wildman–Crippen LogP) is 3.62. The summed E-state index contributed by atoms with van der Waals surface area (Å²) in [6.07, 6.45) is 2.41. The van der Waals surface area contributed by atoms with Crippen molar-refractivity contribution in [2.24, 2.45) is 5.92 Å². The van der Waals surface area contributed by atoms with Crippen LogP contribution in [0, 0.1) is 5.92 Å². The second-order valence-electron chi connectivity index (χ2n) is 4.44. The summed E-state index contributed by atoms with van der Waals surface area (Å²) >= 11 is 9.43. The smallest absolute Gasteiger partial charge is 0.0551 e. The van der Waals surface area contributed by atoms with Gasteiger partial charge in [0.05, 0.1) is 5.02 Å². The number of benzene rings is 1. The van der Waals surface area contributed by atoms with Gasteiger partial charge < -0.3 is 10.1 Å². The van der Waals surface area contributed by atoms with E-state index >= 15 is 0 Å². The number of nitrogens with one attached hydrogen (secondary N) is 1. The molecule has 1 saturated heterocycles. The fourth-order valence-corrected chi connectivity index (χ4v) is 2.45. The molecule has 0 aromatic heterocycles. The van der Waals surface area contributed by atoms with Crippen LogP contribution in [-0.4, -0.2) is 19.8 Å². The highest BCUT2D eigenvalue weighted by Crippen LogP contribution is 2.23. The molecule has 0 amide bonds. The number of hydrogen-bond donors (Lipinski definition) is 1. The molecule has 1 aromatic rings. The van der Waals surface area contributed by atoms with Crippen molar-refractivity contribution >= 4 is 27.5 Å². The lowest BCUT2D eigenvalue weighted by Crippen LogP contribution is -2.18. The summed E-state index contributed by atoms with van der Waals surface area (Å²) in [6.45, 7) is 3.79. The van der Waals surface area contributed by atoms with Crippen molar-refractivity contribution in [2.75, 3.05) is 19.8 Å². The topological polar surface area (TPSA) is 21.3 Å². The molecule has 0 saturated carbocycles. The van der Waals surface area contributed by atoms with Crippen LogP contribution in [0.5, 0.6) is 0 Å². The first-order valence-corrected chi connectivity index (χ1v) is 7.15. The van der Waals surface area contributed by atoms with Crippen LogP contribution in [0.2, 0.25) is 5.02 Å². The van der Waals surface area contributed by atoms with E-state index in [-0.39, 0.29) is 0 Å². The number of ether oxygens (including phenoxy) is 1. The van der Waals surface area contributed by atoms with E-state index in [0.29, 0.717) is 0 Å². The molecule has 1 heterocycles. The molecule has 0 radical (unpaired) electrons. The lowest BCUT2D eigenvalue weighted by atomic mass is 10.1. The van der Waals surface area contributed by atoms with E-state index in [9.17, 15) is 0 Å². The summed E-state index contributed by atoms with van der Waals surface area (Å²) < 4.78 is 6.30. The van der Waals surface area contributed by atoms with Gasteiger partial charge in [-0.15, -0.1) is 0 Å². The Bertz CT molecular complexity index is 366. The van der Waals surface area contributed by atoms with Gasteiger partial charge in [-0.25, -0.2) is 0 Å². The molecule has 4 heteroatoms. The minimum Gasteiger partial charge on any atom is -0.381 e. The molecule has 1 fully saturated rings. The Labute approximate surface area is 116 Å². The van der Waals surface area contributed by atoms with Gasteiger partial charge in [-0.3, -0.25) is 0 Å². The zero-order chi connectivity index (χ0) is 12.1. The third-order valence-electron chi connectivity index (χ3n) is 3.07. The first-order chi connectivity index (χ1) is 8.25. The molecule has 17 heavy (non-hydrogen) atoms. The average Bonchev–Trinajstić information content (AvgIpc) is 2.82. The highest BCUT2D eigenvalue weighted by Gasteiger charge is 2.14. The van der Waals surface area contributed by atoms with Crippen molar-refractivity contribution in [1.29, 1.82) is 0 Å². The quantitative estimate of drug-likeness (QED) is 0.837. The van der Waals surface area contributed by atoms with E-state index in [1.807, 2.05) is 12.1 Å². The molecule has 94 valence electrons. The Hall–Kier alpha value is -0.0900. The molecule has 2 nitrogen and oxygen atoms in total. The fourth-order valence-electron chi connectivity index (χ4n) is 2.00. The van der Waals surface area contributed by atoms with Crippen LogP contribution in [-0.2, 0) is 11.3 Å². The monoisotopic (exact) mass is 317 g/mol. The standard InChI is InChI=1S/C13H17BrClNO/c14-12-2-1-11(7-13(12)15)8-16-5-3-10-4-6-17-9-10/h1-2,7,10,16H,3-6,8-9H2. The Kier molecular flexibility index (Phi) is 5.29. The molecular weight excluding hydrogens is 302 g/mol. The maximum Gasteiger partial charge on any atom is 0.0551 e. The maximum atomic E-state index is 6.04. The Balaban J connectivity index is 1.68. The van der Waals surface area contributed by atoms with Crippen LogP contribution >= 0.6 is 27.5 Å². The minimum atomic E-state index is 0.746. The average molecular weight is 319 g/mol. The van der Waals surface area contributed by atoms with Gasteiger partial charge in [0.1, 0.15) is 0 Å². The summed E-state index contributed by atoms with van der Waals surface area (Å²) in [4.78, 5) is 0. The lowest BCUT2D eigenvalue weighted by molar-refractivity contribution is 0.184. The van der Waals surface area contributed by atoms with Crippen molar-refractivity contribution in [2.45, 2.75) is 19.4 Å². The van der Waals surface area contributed by atoms with Crippen molar-refractivity contribution in [1.82, 2.24) is 5.32 Å².